The van der Waals surface area contributed by atoms with E-state index in [-0.39, 0.29) is 77.5 Å². The fraction of sp³-hybridized carbons (Fsp3) is 0.579. The zero-order chi connectivity index (χ0) is 29.4. The molecule has 7 atom stereocenters. The van der Waals surface area contributed by atoms with Gasteiger partial charge in [0.15, 0.2) is 0 Å². The molecule has 2 aromatic heterocycles. The van der Waals surface area contributed by atoms with Crippen molar-refractivity contribution in [3.63, 3.8) is 0 Å². The van der Waals surface area contributed by atoms with E-state index in [9.17, 15) is 48.4 Å². The average Bonchev–Trinajstić information content (AvgIpc) is 3.41. The van der Waals surface area contributed by atoms with E-state index in [1.165, 1.54) is 18.2 Å². The molecule has 4 rings (SSSR count). The summed E-state index contributed by atoms with van der Waals surface area (Å²) in [6.45, 7) is 0.153. The molecule has 2 fully saturated rings. The van der Waals surface area contributed by atoms with Crippen molar-refractivity contribution in [2.45, 2.75) is 56.6 Å². The molecular formula is C19H25N5Na2O14P2. The van der Waals surface area contributed by atoms with Gasteiger partial charge in [0.2, 0.25) is 0 Å². The van der Waals surface area contributed by atoms with Gasteiger partial charge in [-0.05, 0) is 13.0 Å². The van der Waals surface area contributed by atoms with E-state index in [0.29, 0.717) is 0 Å². The fourth-order valence-corrected chi connectivity index (χ4v) is 5.55. The van der Waals surface area contributed by atoms with Crippen molar-refractivity contribution in [1.82, 2.24) is 19.1 Å². The van der Waals surface area contributed by atoms with Gasteiger partial charge in [-0.1, -0.05) is 0 Å². The number of aromatic amines is 1. The summed E-state index contributed by atoms with van der Waals surface area (Å²) in [5.74, 6) is -0.522. The Balaban J connectivity index is 0.00000308. The van der Waals surface area contributed by atoms with Crippen LogP contribution in [0, 0.1) is 6.92 Å². The summed E-state index contributed by atoms with van der Waals surface area (Å²) >= 11 is 0. The Labute approximate surface area is 280 Å². The summed E-state index contributed by atoms with van der Waals surface area (Å²) in [7, 11) is -10.1. The Hall–Kier alpha value is -0.540. The second kappa shape index (κ2) is 15.2. The van der Waals surface area contributed by atoms with Crippen LogP contribution in [0.1, 0.15) is 30.9 Å². The first-order chi connectivity index (χ1) is 18.7. The van der Waals surface area contributed by atoms with Crippen LogP contribution in [0.3, 0.4) is 0 Å². The third-order valence-corrected chi connectivity index (χ3v) is 7.60. The summed E-state index contributed by atoms with van der Waals surface area (Å²) in [5.41, 5.74) is -2.15. The van der Waals surface area contributed by atoms with Crippen LogP contribution < -0.4 is 90.9 Å². The topological polar surface area (TPSA) is 280 Å². The van der Waals surface area contributed by atoms with Gasteiger partial charge in [-0.2, -0.15) is 4.98 Å². The molecule has 222 valence electrons. The van der Waals surface area contributed by atoms with Gasteiger partial charge < -0.3 is 44.0 Å². The second-order valence-electron chi connectivity index (χ2n) is 8.98. The third-order valence-electron chi connectivity index (χ3n) is 6.08. The van der Waals surface area contributed by atoms with Crippen molar-refractivity contribution >= 4 is 21.4 Å². The molecule has 2 aliphatic rings. The number of anilines is 1. The molecule has 4 heterocycles. The number of rotatable bonds is 10. The number of ether oxygens (including phenoxy) is 2. The summed E-state index contributed by atoms with van der Waals surface area (Å²) in [6, 6.07) is 1.01. The Bertz CT molecular complexity index is 1510. The monoisotopic (exact) mass is 655 g/mol. The molecule has 0 saturated carbocycles. The number of aliphatic hydroxyl groups excluding tert-OH is 2. The number of aromatic nitrogens is 4. The van der Waals surface area contributed by atoms with Crippen LogP contribution in [0.25, 0.3) is 0 Å². The van der Waals surface area contributed by atoms with Crippen molar-refractivity contribution < 1.29 is 112 Å². The predicted molar refractivity (Wildman–Crippen MR) is 127 cm³/mol. The van der Waals surface area contributed by atoms with Gasteiger partial charge in [0.1, 0.15) is 36.6 Å². The smallest absolute Gasteiger partial charge is 0.795 e. The van der Waals surface area contributed by atoms with E-state index in [1.807, 2.05) is 0 Å². The predicted octanol–water partition coefficient (Wildman–Crippen LogP) is -9.22. The number of phosphoric acid groups is 1. The maximum absolute atomic E-state index is 12.6. The second-order valence-corrected chi connectivity index (χ2v) is 11.6. The van der Waals surface area contributed by atoms with E-state index >= 15 is 0 Å². The Kier molecular flexibility index (Phi) is 13.6. The number of phosphoric ester groups is 1. The van der Waals surface area contributed by atoms with E-state index in [0.717, 1.165) is 21.4 Å². The van der Waals surface area contributed by atoms with Crippen molar-refractivity contribution in [3.05, 3.63) is 55.3 Å². The van der Waals surface area contributed by atoms with Gasteiger partial charge in [0.25, 0.3) is 5.56 Å². The van der Waals surface area contributed by atoms with Gasteiger partial charge >= 0.3 is 78.3 Å². The van der Waals surface area contributed by atoms with Crippen LogP contribution in [0.4, 0.5) is 5.82 Å². The zero-order valence-corrected chi connectivity index (χ0v) is 28.4. The maximum Gasteiger partial charge on any atom is 1.00 e. The molecule has 1 unspecified atom stereocenters. The zero-order valence-electron chi connectivity index (χ0n) is 22.6. The number of nitrogens with one attached hydrogen (secondary N) is 2. The molecule has 2 saturated heterocycles. The Morgan fingerprint density at radius 2 is 1.79 bits per heavy atom. The van der Waals surface area contributed by atoms with Crippen LogP contribution >= 0.6 is 15.6 Å². The van der Waals surface area contributed by atoms with Crippen LogP contribution in [0.5, 0.6) is 0 Å². The molecule has 0 aromatic carbocycles. The summed E-state index contributed by atoms with van der Waals surface area (Å²) < 4.78 is 46.6. The first-order valence-electron chi connectivity index (χ1n) is 11.6. The minimum atomic E-state index is -5.21. The van der Waals surface area contributed by atoms with Crippen molar-refractivity contribution in [3.8, 4) is 0 Å². The minimum absolute atomic E-state index is 0. The molecule has 2 aromatic rings. The first-order valence-corrected chi connectivity index (χ1v) is 14.7. The molecule has 0 amide bonds. The number of nitrogens with zero attached hydrogens (tertiary/aromatic N) is 3. The normalized spacial score (nSPS) is 27.1. The number of hydrogen-bond acceptors (Lipinski definition) is 14. The molecule has 19 nitrogen and oxygen atoms in total. The van der Waals surface area contributed by atoms with Crippen LogP contribution in [-0.2, 0) is 27.7 Å². The minimum Gasteiger partial charge on any atom is -0.795 e. The standard InChI is InChI=1S/C19H27N5O14P2.2Na/c1-9-6-24(19(29)21-17(9)27)15-4-10(26)13(37-15)8-35-40(33,34)38-11-5-16(36-12(11)7-25)23-3-2-14(20-18(23)28)22-39(30,31)32;;/h2-3,6,10-13,15-16,25-26H,4-5,7-8H2,1H3,(H,33,34)(H,21,27,29)(H3,20,22,28,30,31,32);;/q;2*+1/p-2/t10-,11-,12+,13+,15+,16+;;/m0../s1. The van der Waals surface area contributed by atoms with E-state index in [1.54, 1.807) is 0 Å². The molecule has 0 spiro atoms. The van der Waals surface area contributed by atoms with Gasteiger partial charge in [-0.15, -0.1) is 0 Å². The summed E-state index contributed by atoms with van der Waals surface area (Å²) in [5, 5.41) is 21.5. The van der Waals surface area contributed by atoms with E-state index in [2.05, 4.69) is 9.97 Å². The van der Waals surface area contributed by atoms with Crippen LogP contribution in [0.2, 0.25) is 0 Å². The fourth-order valence-electron chi connectivity index (χ4n) is 4.19. The van der Waals surface area contributed by atoms with Gasteiger partial charge in [0.05, 0.1) is 19.3 Å². The SMILES string of the molecule is Cc1cn([C@H]2C[C@H](O)[C@@H](COP(=O)(O)O[C@H]3C[C@H](n4ccc(NP(=O)([O-])[O-])nc4=O)O[C@@H]3CO)O2)c(=O)[nH]c1=O.[Na+].[Na+]. The molecule has 2 aliphatic heterocycles. The quantitative estimate of drug-likeness (QED) is 0.117. The van der Waals surface area contributed by atoms with Gasteiger partial charge in [0, 0.05) is 38.5 Å². The molecule has 0 aliphatic carbocycles. The molecule has 5 N–H and O–H groups in total. The number of hydrogen-bond donors (Lipinski definition) is 5. The van der Waals surface area contributed by atoms with Crippen molar-refractivity contribution in [1.29, 1.82) is 0 Å². The first kappa shape index (κ1) is 37.6. The van der Waals surface area contributed by atoms with E-state index < -0.39 is 88.4 Å². The van der Waals surface area contributed by atoms with Gasteiger partial charge in [-0.25, -0.2) is 14.2 Å². The molecule has 23 heteroatoms. The van der Waals surface area contributed by atoms with Crippen molar-refractivity contribution in [2.75, 3.05) is 18.3 Å². The average molecular weight is 655 g/mol. The summed E-state index contributed by atoms with van der Waals surface area (Å²) in [6.07, 6.45) is -4.95. The number of H-pyrrole nitrogens is 1. The van der Waals surface area contributed by atoms with Gasteiger partial charge in [-0.3, -0.25) is 28.0 Å². The Morgan fingerprint density at radius 1 is 1.14 bits per heavy atom. The van der Waals surface area contributed by atoms with Crippen molar-refractivity contribution in [2.24, 2.45) is 0 Å². The number of aryl methyl sites for hydroxylation is 1. The maximum atomic E-state index is 12.6. The number of aliphatic hydroxyl groups is 2. The largest absolute Gasteiger partial charge is 1.00 e. The third kappa shape index (κ3) is 9.48. The van der Waals surface area contributed by atoms with Crippen LogP contribution in [0.15, 0.2) is 32.8 Å². The molecule has 0 bridgehead atoms. The molecule has 0 radical (unpaired) electrons. The molecular weight excluding hydrogens is 630 g/mol. The van der Waals surface area contributed by atoms with E-state index in [4.69, 9.17) is 18.5 Å². The Morgan fingerprint density at radius 3 is 2.40 bits per heavy atom. The van der Waals surface area contributed by atoms with Crippen LogP contribution in [-0.4, -0.2) is 71.8 Å². The molecule has 42 heavy (non-hydrogen) atoms. The summed E-state index contributed by atoms with van der Waals surface area (Å²) in [4.78, 5) is 73.4.